The molecule has 1 aromatic carbocycles. The van der Waals surface area contributed by atoms with Gasteiger partial charge in [-0.3, -0.25) is 0 Å². The van der Waals surface area contributed by atoms with Crippen LogP contribution in [0.4, 0.5) is 0 Å². The summed E-state index contributed by atoms with van der Waals surface area (Å²) in [7, 11) is 0. The van der Waals surface area contributed by atoms with Gasteiger partial charge in [-0.25, -0.2) is 0 Å². The van der Waals surface area contributed by atoms with Crippen LogP contribution in [-0.2, 0) is 6.42 Å². The Labute approximate surface area is 83.6 Å². The van der Waals surface area contributed by atoms with Crippen LogP contribution in [-0.4, -0.2) is 34.8 Å². The molecule has 1 aromatic rings. The number of hydrogen-bond donors (Lipinski definition) is 1. The van der Waals surface area contributed by atoms with E-state index in [9.17, 15) is 0 Å². The number of benzene rings is 1. The van der Waals surface area contributed by atoms with Crippen LogP contribution in [0.1, 0.15) is 12.0 Å². The number of hydrogen-bond acceptors (Lipinski definition) is 1. The number of aliphatic hydroxyl groups excluding tert-OH is 1. The summed E-state index contributed by atoms with van der Waals surface area (Å²) in [6.45, 7) is 0.287. The number of aryl methyl sites for hydroxylation is 1. The minimum atomic E-state index is 0. The average molecular weight is 163 g/mol. The van der Waals surface area contributed by atoms with Crippen LogP contribution < -0.4 is 0 Å². The first-order valence-corrected chi connectivity index (χ1v) is 3.58. The lowest BCUT2D eigenvalue weighted by atomic mass is 10.1. The third kappa shape index (κ3) is 4.40. The normalized spacial score (nSPS) is 8.82. The Balaban J connectivity index is 0.000001000. The van der Waals surface area contributed by atoms with Crippen LogP contribution in [0.3, 0.4) is 0 Å². The van der Waals surface area contributed by atoms with Crippen molar-refractivity contribution in [1.29, 1.82) is 0 Å². The van der Waals surface area contributed by atoms with Gasteiger partial charge in [-0.1, -0.05) is 30.3 Å². The summed E-state index contributed by atoms with van der Waals surface area (Å²) in [4.78, 5) is 0. The average Bonchev–Trinajstić information content (AvgIpc) is 2.03. The smallest absolute Gasteiger partial charge is 0.316 e. The van der Waals surface area contributed by atoms with Crippen molar-refractivity contribution in [2.75, 3.05) is 6.61 Å². The number of aliphatic hydroxyl groups is 1. The van der Waals surface area contributed by atoms with E-state index in [0.717, 1.165) is 12.8 Å². The Morgan fingerprint density at radius 1 is 1.09 bits per heavy atom. The van der Waals surface area contributed by atoms with Crippen LogP contribution in [0.5, 0.6) is 0 Å². The van der Waals surface area contributed by atoms with Gasteiger partial charge in [-0.15, -0.1) is 0 Å². The molecular weight excluding hydrogens is 148 g/mol. The maximum Gasteiger partial charge on any atom is 0.316 e. The first kappa shape index (κ1) is 10.9. The summed E-state index contributed by atoms with van der Waals surface area (Å²) < 4.78 is 0. The Morgan fingerprint density at radius 2 is 1.73 bits per heavy atom. The fraction of sp³-hybridized carbons (Fsp3) is 0.333. The molecule has 11 heavy (non-hydrogen) atoms. The van der Waals surface area contributed by atoms with E-state index in [-0.39, 0.29) is 29.7 Å². The Morgan fingerprint density at radius 3 is 2.27 bits per heavy atom. The summed E-state index contributed by atoms with van der Waals surface area (Å²) >= 11 is 0. The lowest BCUT2D eigenvalue weighted by Gasteiger charge is -1.96. The summed E-state index contributed by atoms with van der Waals surface area (Å²) in [5.74, 6) is 0. The molecule has 0 amide bonds. The van der Waals surface area contributed by atoms with Gasteiger partial charge in [0.15, 0.2) is 0 Å². The van der Waals surface area contributed by atoms with Gasteiger partial charge >= 0.3 is 23.1 Å². The summed E-state index contributed by atoms with van der Waals surface area (Å²) in [6, 6.07) is 10.2. The first-order valence-electron chi connectivity index (χ1n) is 3.58. The molecule has 0 aliphatic heterocycles. The SMILES string of the molecule is OCCCc1ccccc1.[MgH2]. The predicted octanol–water partition coefficient (Wildman–Crippen LogP) is 0.695. The van der Waals surface area contributed by atoms with E-state index in [4.69, 9.17) is 5.11 Å². The highest BCUT2D eigenvalue weighted by Gasteiger charge is 1.87. The van der Waals surface area contributed by atoms with Gasteiger partial charge in [0, 0.05) is 6.61 Å². The van der Waals surface area contributed by atoms with Gasteiger partial charge in [-0.2, -0.15) is 0 Å². The van der Waals surface area contributed by atoms with E-state index >= 15 is 0 Å². The lowest BCUT2D eigenvalue weighted by Crippen LogP contribution is -1.87. The van der Waals surface area contributed by atoms with Crippen molar-refractivity contribution in [2.45, 2.75) is 12.8 Å². The fourth-order valence-electron chi connectivity index (χ4n) is 0.928. The fourth-order valence-corrected chi connectivity index (χ4v) is 0.928. The lowest BCUT2D eigenvalue weighted by molar-refractivity contribution is 0.288. The molecule has 0 saturated carbocycles. The van der Waals surface area contributed by atoms with Gasteiger partial charge in [0.25, 0.3) is 0 Å². The highest BCUT2D eigenvalue weighted by molar-refractivity contribution is 5.75. The van der Waals surface area contributed by atoms with E-state index < -0.39 is 0 Å². The highest BCUT2D eigenvalue weighted by atomic mass is 24.3. The Hall–Kier alpha value is -0.0538. The van der Waals surface area contributed by atoms with Crippen molar-refractivity contribution in [1.82, 2.24) is 0 Å². The highest BCUT2D eigenvalue weighted by Crippen LogP contribution is 2.00. The third-order valence-electron chi connectivity index (χ3n) is 1.47. The molecule has 58 valence electrons. The molecular formula is C9H14MgO. The van der Waals surface area contributed by atoms with Crippen LogP contribution >= 0.6 is 0 Å². The molecule has 0 unspecified atom stereocenters. The maximum atomic E-state index is 8.53. The van der Waals surface area contributed by atoms with E-state index in [1.807, 2.05) is 18.2 Å². The Bertz CT molecular complexity index is 174. The van der Waals surface area contributed by atoms with E-state index in [0.29, 0.717) is 0 Å². The molecule has 0 heterocycles. The van der Waals surface area contributed by atoms with Crippen LogP contribution in [0, 0.1) is 0 Å². The minimum Gasteiger partial charge on any atom is -0.396 e. The molecule has 0 saturated heterocycles. The van der Waals surface area contributed by atoms with E-state index in [1.165, 1.54) is 5.56 Å². The molecule has 0 aliphatic rings. The molecule has 1 rings (SSSR count). The quantitative estimate of drug-likeness (QED) is 0.649. The zero-order valence-electron chi connectivity index (χ0n) is 5.96. The van der Waals surface area contributed by atoms with Crippen LogP contribution in [0.2, 0.25) is 0 Å². The maximum absolute atomic E-state index is 8.53. The first-order chi connectivity index (χ1) is 4.93. The molecule has 0 aromatic heterocycles. The largest absolute Gasteiger partial charge is 0.396 e. The molecule has 0 fully saturated rings. The van der Waals surface area contributed by atoms with E-state index in [1.54, 1.807) is 0 Å². The van der Waals surface area contributed by atoms with Gasteiger partial charge < -0.3 is 5.11 Å². The van der Waals surface area contributed by atoms with Gasteiger partial charge in [-0.05, 0) is 18.4 Å². The molecule has 2 heteroatoms. The van der Waals surface area contributed by atoms with Crippen molar-refractivity contribution < 1.29 is 5.11 Å². The van der Waals surface area contributed by atoms with Crippen molar-refractivity contribution in [3.63, 3.8) is 0 Å². The second-order valence-electron chi connectivity index (χ2n) is 2.31. The minimum absolute atomic E-state index is 0. The summed E-state index contributed by atoms with van der Waals surface area (Å²) in [5.41, 5.74) is 1.30. The third-order valence-corrected chi connectivity index (χ3v) is 1.47. The van der Waals surface area contributed by atoms with Crippen LogP contribution in [0.15, 0.2) is 30.3 Å². The number of rotatable bonds is 3. The van der Waals surface area contributed by atoms with Gasteiger partial charge in [0.1, 0.15) is 0 Å². The molecule has 0 spiro atoms. The monoisotopic (exact) mass is 162 g/mol. The molecule has 1 N–H and O–H groups in total. The predicted molar refractivity (Wildman–Crippen MR) is 50.4 cm³/mol. The molecule has 1 nitrogen and oxygen atoms in total. The molecule has 0 bridgehead atoms. The topological polar surface area (TPSA) is 20.2 Å². The van der Waals surface area contributed by atoms with Crippen molar-refractivity contribution in [2.24, 2.45) is 0 Å². The van der Waals surface area contributed by atoms with Crippen molar-refractivity contribution >= 4 is 23.1 Å². The summed E-state index contributed by atoms with van der Waals surface area (Å²) in [5, 5.41) is 8.53. The zero-order valence-corrected chi connectivity index (χ0v) is 5.96. The Kier molecular flexibility index (Phi) is 6.61. The van der Waals surface area contributed by atoms with Crippen LogP contribution in [0.25, 0.3) is 0 Å². The van der Waals surface area contributed by atoms with Crippen molar-refractivity contribution in [3.05, 3.63) is 35.9 Å². The van der Waals surface area contributed by atoms with Gasteiger partial charge in [0.05, 0.1) is 0 Å². The van der Waals surface area contributed by atoms with Gasteiger partial charge in [0.2, 0.25) is 0 Å². The summed E-state index contributed by atoms with van der Waals surface area (Å²) in [6.07, 6.45) is 1.85. The second-order valence-corrected chi connectivity index (χ2v) is 2.31. The molecule has 0 radical (unpaired) electrons. The molecule has 0 atom stereocenters. The van der Waals surface area contributed by atoms with E-state index in [2.05, 4.69) is 12.1 Å². The second kappa shape index (κ2) is 6.64. The molecule has 0 aliphatic carbocycles. The van der Waals surface area contributed by atoms with Crippen molar-refractivity contribution in [3.8, 4) is 0 Å². The standard InChI is InChI=1S/C9H12O.Mg.2H/c10-8-4-7-9-5-2-1-3-6-9;;;/h1-3,5-6,10H,4,7-8H2;;;. The zero-order chi connectivity index (χ0) is 7.23.